The highest BCUT2D eigenvalue weighted by Crippen LogP contribution is 2.24. The number of amides is 1. The second-order valence-corrected chi connectivity index (χ2v) is 4.23. The van der Waals surface area contributed by atoms with Crippen molar-refractivity contribution in [1.29, 1.82) is 0 Å². The maximum atomic E-state index is 11.7. The van der Waals surface area contributed by atoms with Crippen LogP contribution in [0.1, 0.15) is 24.0 Å². The van der Waals surface area contributed by atoms with E-state index in [4.69, 9.17) is 5.11 Å². The highest BCUT2D eigenvalue weighted by molar-refractivity contribution is 5.93. The molecule has 18 heavy (non-hydrogen) atoms. The van der Waals surface area contributed by atoms with Crippen LogP contribution in [0.15, 0.2) is 18.3 Å². The van der Waals surface area contributed by atoms with Crippen LogP contribution >= 0.6 is 0 Å². The summed E-state index contributed by atoms with van der Waals surface area (Å²) in [6, 6.07) is 1.89. The summed E-state index contributed by atoms with van der Waals surface area (Å²) in [6.45, 7) is 0. The average Bonchev–Trinajstić information content (AvgIpc) is 2.48. The van der Waals surface area contributed by atoms with E-state index in [1.54, 1.807) is 18.1 Å². The Kier molecular flexibility index (Phi) is 3.41. The van der Waals surface area contributed by atoms with Crippen molar-refractivity contribution in [3.63, 3.8) is 0 Å². The third-order valence-corrected chi connectivity index (χ3v) is 2.91. The summed E-state index contributed by atoms with van der Waals surface area (Å²) in [5, 5.41) is 8.57. The zero-order valence-corrected chi connectivity index (χ0v) is 10.1. The van der Waals surface area contributed by atoms with Gasteiger partial charge in [0.25, 0.3) is 0 Å². The van der Waals surface area contributed by atoms with Crippen molar-refractivity contribution in [2.75, 3.05) is 11.9 Å². The van der Waals surface area contributed by atoms with Crippen LogP contribution in [0.4, 0.5) is 5.82 Å². The zero-order valence-electron chi connectivity index (χ0n) is 10.1. The molecule has 5 nitrogen and oxygen atoms in total. The van der Waals surface area contributed by atoms with Crippen LogP contribution in [-0.4, -0.2) is 29.0 Å². The van der Waals surface area contributed by atoms with E-state index < -0.39 is 5.97 Å². The number of hydrogen-bond donors (Lipinski definition) is 1. The molecule has 1 aliphatic rings. The summed E-state index contributed by atoms with van der Waals surface area (Å²) < 4.78 is 0. The first-order valence-corrected chi connectivity index (χ1v) is 5.74. The number of anilines is 1. The van der Waals surface area contributed by atoms with Crippen LogP contribution in [0.25, 0.3) is 6.08 Å². The van der Waals surface area contributed by atoms with Crippen molar-refractivity contribution in [3.8, 4) is 0 Å². The van der Waals surface area contributed by atoms with E-state index >= 15 is 0 Å². The van der Waals surface area contributed by atoms with Crippen molar-refractivity contribution in [2.24, 2.45) is 0 Å². The Morgan fingerprint density at radius 1 is 1.50 bits per heavy atom. The molecule has 0 bridgehead atoms. The predicted octanol–water partition coefficient (Wildman–Crippen LogP) is 1.48. The average molecular weight is 246 g/mol. The Bertz CT molecular complexity index is 523. The van der Waals surface area contributed by atoms with Crippen molar-refractivity contribution in [1.82, 2.24) is 4.98 Å². The largest absolute Gasteiger partial charge is 0.478 e. The first-order chi connectivity index (χ1) is 8.58. The molecule has 0 unspecified atom stereocenters. The van der Waals surface area contributed by atoms with Crippen LogP contribution < -0.4 is 4.90 Å². The van der Waals surface area contributed by atoms with Gasteiger partial charge in [-0.25, -0.2) is 9.78 Å². The van der Waals surface area contributed by atoms with Gasteiger partial charge in [0.2, 0.25) is 5.91 Å². The number of carboxylic acid groups (broad SMARTS) is 1. The van der Waals surface area contributed by atoms with Crippen molar-refractivity contribution >= 4 is 23.8 Å². The Balaban J connectivity index is 2.34. The van der Waals surface area contributed by atoms with Gasteiger partial charge >= 0.3 is 5.97 Å². The lowest BCUT2D eigenvalue weighted by atomic mass is 10.1. The number of hydrogen-bond acceptors (Lipinski definition) is 3. The minimum atomic E-state index is -0.989. The molecule has 5 heteroatoms. The van der Waals surface area contributed by atoms with Gasteiger partial charge in [0, 0.05) is 25.7 Å². The highest BCUT2D eigenvalue weighted by atomic mass is 16.4. The van der Waals surface area contributed by atoms with Crippen molar-refractivity contribution in [3.05, 3.63) is 29.5 Å². The van der Waals surface area contributed by atoms with E-state index in [-0.39, 0.29) is 5.91 Å². The predicted molar refractivity (Wildman–Crippen MR) is 67.3 cm³/mol. The molecule has 0 aliphatic carbocycles. The SMILES string of the molecule is CN1C(=O)CCCc2cc(C=CC(=O)O)cnc21. The van der Waals surface area contributed by atoms with E-state index in [0.29, 0.717) is 12.2 Å². The third-order valence-electron chi connectivity index (χ3n) is 2.91. The van der Waals surface area contributed by atoms with Crippen LogP contribution in [0.3, 0.4) is 0 Å². The maximum absolute atomic E-state index is 11.7. The first kappa shape index (κ1) is 12.3. The number of carbonyl (C=O) groups is 2. The Labute approximate surface area is 105 Å². The van der Waals surface area contributed by atoms with E-state index in [1.165, 1.54) is 6.08 Å². The molecule has 1 aromatic heterocycles. The molecule has 94 valence electrons. The summed E-state index contributed by atoms with van der Waals surface area (Å²) in [4.78, 5) is 27.9. The van der Waals surface area contributed by atoms with Gasteiger partial charge in [-0.1, -0.05) is 0 Å². The van der Waals surface area contributed by atoms with E-state index in [1.807, 2.05) is 6.07 Å². The minimum absolute atomic E-state index is 0.0649. The second kappa shape index (κ2) is 5.00. The monoisotopic (exact) mass is 246 g/mol. The van der Waals surface area contributed by atoms with Gasteiger partial charge in [-0.3, -0.25) is 9.69 Å². The number of aryl methyl sites for hydroxylation is 1. The molecule has 1 amide bonds. The molecule has 2 heterocycles. The maximum Gasteiger partial charge on any atom is 0.328 e. The molecule has 0 radical (unpaired) electrons. The fourth-order valence-electron chi connectivity index (χ4n) is 1.98. The topological polar surface area (TPSA) is 70.5 Å². The van der Waals surface area contributed by atoms with E-state index in [0.717, 1.165) is 30.0 Å². The number of aliphatic carboxylic acids is 1. The molecule has 1 aliphatic heterocycles. The molecule has 1 N–H and O–H groups in total. The van der Waals surface area contributed by atoms with Gasteiger partial charge in [0.15, 0.2) is 0 Å². The number of carboxylic acids is 1. The number of nitrogens with zero attached hydrogens (tertiary/aromatic N) is 2. The summed E-state index contributed by atoms with van der Waals surface area (Å²) >= 11 is 0. The Morgan fingerprint density at radius 3 is 3.00 bits per heavy atom. The van der Waals surface area contributed by atoms with Crippen molar-refractivity contribution in [2.45, 2.75) is 19.3 Å². The summed E-state index contributed by atoms with van der Waals surface area (Å²) in [5.41, 5.74) is 1.72. The second-order valence-electron chi connectivity index (χ2n) is 4.23. The summed E-state index contributed by atoms with van der Waals surface area (Å²) in [5.74, 6) is -0.253. The molecule has 0 saturated heterocycles. The number of carbonyl (C=O) groups excluding carboxylic acids is 1. The molecule has 0 atom stereocenters. The van der Waals surface area contributed by atoms with E-state index in [9.17, 15) is 9.59 Å². The number of aromatic nitrogens is 1. The van der Waals surface area contributed by atoms with Crippen LogP contribution in [0, 0.1) is 0 Å². The van der Waals surface area contributed by atoms with Crippen LogP contribution in [0.5, 0.6) is 0 Å². The lowest BCUT2D eigenvalue weighted by Gasteiger charge is -2.16. The van der Waals surface area contributed by atoms with Gasteiger partial charge in [-0.15, -0.1) is 0 Å². The van der Waals surface area contributed by atoms with Gasteiger partial charge in [-0.05, 0) is 36.1 Å². The third kappa shape index (κ3) is 2.56. The van der Waals surface area contributed by atoms with Crippen molar-refractivity contribution < 1.29 is 14.7 Å². The standard InChI is InChI=1S/C13H14N2O3/c1-15-11(16)4-2-3-10-7-9(5-6-12(17)18)8-14-13(10)15/h5-8H,2-4H2,1H3,(H,17,18). The Morgan fingerprint density at radius 2 is 2.28 bits per heavy atom. The molecule has 0 fully saturated rings. The van der Waals surface area contributed by atoms with Crippen LogP contribution in [0.2, 0.25) is 0 Å². The van der Waals surface area contributed by atoms with Gasteiger partial charge < -0.3 is 5.11 Å². The lowest BCUT2D eigenvalue weighted by Crippen LogP contribution is -2.25. The van der Waals surface area contributed by atoms with E-state index in [2.05, 4.69) is 4.98 Å². The molecule has 0 spiro atoms. The minimum Gasteiger partial charge on any atom is -0.478 e. The summed E-state index contributed by atoms with van der Waals surface area (Å²) in [6.07, 6.45) is 6.26. The van der Waals surface area contributed by atoms with Crippen LogP contribution in [-0.2, 0) is 16.0 Å². The normalized spacial score (nSPS) is 15.6. The number of pyridine rings is 1. The lowest BCUT2D eigenvalue weighted by molar-refractivity contribution is -0.131. The van der Waals surface area contributed by atoms with Gasteiger partial charge in [-0.2, -0.15) is 0 Å². The molecule has 0 saturated carbocycles. The molecular weight excluding hydrogens is 232 g/mol. The highest BCUT2D eigenvalue weighted by Gasteiger charge is 2.19. The fraction of sp³-hybridized carbons (Fsp3) is 0.308. The number of fused-ring (bicyclic) bond motifs is 1. The molecular formula is C13H14N2O3. The molecule has 2 rings (SSSR count). The first-order valence-electron chi connectivity index (χ1n) is 5.74. The zero-order chi connectivity index (χ0) is 13.1. The molecule has 1 aromatic rings. The summed E-state index contributed by atoms with van der Waals surface area (Å²) in [7, 11) is 1.71. The quantitative estimate of drug-likeness (QED) is 0.802. The smallest absolute Gasteiger partial charge is 0.328 e. The van der Waals surface area contributed by atoms with Gasteiger partial charge in [0.1, 0.15) is 5.82 Å². The molecule has 0 aromatic carbocycles. The van der Waals surface area contributed by atoms with Gasteiger partial charge in [0.05, 0.1) is 0 Å². The fourth-order valence-corrected chi connectivity index (χ4v) is 1.98. The Hall–Kier alpha value is -2.17. The number of rotatable bonds is 2.